The first kappa shape index (κ1) is 24.0. The number of rotatable bonds is 1. The molecule has 0 saturated heterocycles. The molecule has 12 heteroatoms. The van der Waals surface area contributed by atoms with E-state index in [1.807, 2.05) is 0 Å². The van der Waals surface area contributed by atoms with E-state index < -0.39 is 41.7 Å². The summed E-state index contributed by atoms with van der Waals surface area (Å²) in [5.41, 5.74) is 4.86. The van der Waals surface area contributed by atoms with Crippen LogP contribution in [0.25, 0.3) is 6.08 Å². The van der Waals surface area contributed by atoms with Gasteiger partial charge in [-0.3, -0.25) is 0 Å². The van der Waals surface area contributed by atoms with Crippen molar-refractivity contribution in [3.8, 4) is 17.6 Å². The van der Waals surface area contributed by atoms with Crippen LogP contribution in [0.2, 0.25) is 5.02 Å². The quantitative estimate of drug-likeness (QED) is 0.207. The average molecular weight is 490 g/mol. The van der Waals surface area contributed by atoms with Crippen LogP contribution in [0.4, 0.5) is 32.0 Å². The summed E-state index contributed by atoms with van der Waals surface area (Å²) in [7, 11) is 0. The number of hydrogen-bond acceptors (Lipinski definition) is 5. The molecule has 1 unspecified atom stereocenters. The first-order valence-corrected chi connectivity index (χ1v) is 9.13. The molecule has 33 heavy (non-hydrogen) atoms. The maximum atomic E-state index is 13.6. The number of alkyl halides is 6. The highest BCUT2D eigenvalue weighted by Crippen LogP contribution is 2.40. The van der Waals surface area contributed by atoms with Crippen LogP contribution in [0.1, 0.15) is 16.7 Å². The Morgan fingerprint density at radius 2 is 1.67 bits per heavy atom. The van der Waals surface area contributed by atoms with Crippen molar-refractivity contribution in [2.24, 2.45) is 0 Å². The zero-order valence-electron chi connectivity index (χ0n) is 16.0. The SMILES string of the molecule is Nc1ccc(C#Cc2cc(Cl)cc3c2OC(C(F)(F)F)C(C(=O)OC(=O)C(F)(F)F)=C3)cc1. The van der Waals surface area contributed by atoms with Crippen molar-refractivity contribution >= 4 is 35.3 Å². The van der Waals surface area contributed by atoms with Gasteiger partial charge in [0.1, 0.15) is 5.75 Å². The Morgan fingerprint density at radius 1 is 1.03 bits per heavy atom. The van der Waals surface area contributed by atoms with Gasteiger partial charge in [-0.15, -0.1) is 0 Å². The maximum absolute atomic E-state index is 13.6. The first-order valence-electron chi connectivity index (χ1n) is 8.75. The summed E-state index contributed by atoms with van der Waals surface area (Å²) in [6, 6.07) is 8.54. The van der Waals surface area contributed by atoms with Gasteiger partial charge in [0.15, 0.2) is 0 Å². The average Bonchev–Trinajstić information content (AvgIpc) is 2.70. The van der Waals surface area contributed by atoms with E-state index in [0.717, 1.165) is 6.07 Å². The molecule has 2 N–H and O–H groups in total. The lowest BCUT2D eigenvalue weighted by Gasteiger charge is -2.28. The van der Waals surface area contributed by atoms with E-state index in [-0.39, 0.29) is 16.1 Å². The number of carbonyl (C=O) groups excluding carboxylic acids is 2. The van der Waals surface area contributed by atoms with Gasteiger partial charge in [-0.25, -0.2) is 9.59 Å². The van der Waals surface area contributed by atoms with Gasteiger partial charge in [-0.05, 0) is 42.5 Å². The van der Waals surface area contributed by atoms with E-state index in [1.165, 1.54) is 6.07 Å². The molecule has 3 rings (SSSR count). The number of nitrogens with two attached hydrogens (primary N) is 1. The summed E-state index contributed by atoms with van der Waals surface area (Å²) in [5, 5.41) is -0.0141. The largest absolute Gasteiger partial charge is 0.491 e. The maximum Gasteiger partial charge on any atom is 0.491 e. The zero-order chi connectivity index (χ0) is 24.6. The smallest absolute Gasteiger partial charge is 0.474 e. The van der Waals surface area contributed by atoms with Gasteiger partial charge in [0.25, 0.3) is 0 Å². The topological polar surface area (TPSA) is 78.6 Å². The molecule has 0 radical (unpaired) electrons. The number of carbonyl (C=O) groups is 2. The molecule has 172 valence electrons. The minimum atomic E-state index is -5.59. The molecular formula is C21H10ClF6NO4. The van der Waals surface area contributed by atoms with E-state index in [1.54, 1.807) is 24.3 Å². The highest BCUT2D eigenvalue weighted by Gasteiger charge is 2.51. The molecule has 1 aliphatic heterocycles. The van der Waals surface area contributed by atoms with E-state index >= 15 is 0 Å². The normalized spacial score (nSPS) is 15.4. The Balaban J connectivity index is 2.06. The van der Waals surface area contributed by atoms with Gasteiger partial charge < -0.3 is 15.2 Å². The second-order valence-corrected chi connectivity index (χ2v) is 6.99. The molecule has 0 spiro atoms. The second-order valence-electron chi connectivity index (χ2n) is 6.56. The Bertz CT molecular complexity index is 1210. The predicted molar refractivity (Wildman–Crippen MR) is 104 cm³/mol. The molecule has 0 aliphatic carbocycles. The van der Waals surface area contributed by atoms with Crippen molar-refractivity contribution < 1.29 is 45.4 Å². The van der Waals surface area contributed by atoms with Crippen molar-refractivity contribution in [1.82, 2.24) is 0 Å². The summed E-state index contributed by atoms with van der Waals surface area (Å²) >= 11 is 5.97. The number of ether oxygens (including phenoxy) is 2. The van der Waals surface area contributed by atoms with Crippen molar-refractivity contribution in [2.45, 2.75) is 18.5 Å². The number of halogens is 7. The fourth-order valence-corrected chi connectivity index (χ4v) is 2.91. The molecule has 2 aromatic rings. The molecule has 0 fully saturated rings. The van der Waals surface area contributed by atoms with Gasteiger partial charge in [0, 0.05) is 21.8 Å². The van der Waals surface area contributed by atoms with Crippen LogP contribution in [0, 0.1) is 11.8 Å². The standard InChI is InChI=1S/C21H10ClF6NO4/c22-13-7-11(4-1-10-2-5-14(29)6-3-10)16-12(8-13)9-15(17(32-16)20(23,24)25)18(30)33-19(31)21(26,27)28/h2-3,5-9,17H,29H2. The van der Waals surface area contributed by atoms with E-state index in [9.17, 15) is 35.9 Å². The number of hydrogen-bond donors (Lipinski definition) is 1. The third kappa shape index (κ3) is 5.59. The predicted octanol–water partition coefficient (Wildman–Crippen LogP) is 4.66. The molecule has 1 aliphatic rings. The highest BCUT2D eigenvalue weighted by atomic mass is 35.5. The molecule has 5 nitrogen and oxygen atoms in total. The third-order valence-electron chi connectivity index (χ3n) is 4.11. The van der Waals surface area contributed by atoms with Crippen LogP contribution < -0.4 is 10.5 Å². The third-order valence-corrected chi connectivity index (χ3v) is 4.33. The van der Waals surface area contributed by atoms with Gasteiger partial charge in [-0.2, -0.15) is 26.3 Å². The Hall–Kier alpha value is -3.65. The minimum Gasteiger partial charge on any atom is -0.474 e. The number of anilines is 1. The number of benzene rings is 2. The van der Waals surface area contributed by atoms with Gasteiger partial charge in [0.2, 0.25) is 6.10 Å². The van der Waals surface area contributed by atoms with Crippen LogP contribution in [0.3, 0.4) is 0 Å². The Morgan fingerprint density at radius 3 is 2.24 bits per heavy atom. The lowest BCUT2D eigenvalue weighted by Crippen LogP contribution is -2.42. The summed E-state index contributed by atoms with van der Waals surface area (Å²) in [6.07, 6.45) is -13.3. The molecular weight excluding hydrogens is 480 g/mol. The van der Waals surface area contributed by atoms with Gasteiger partial charge in [0.05, 0.1) is 11.1 Å². The van der Waals surface area contributed by atoms with E-state index in [2.05, 4.69) is 16.6 Å². The van der Waals surface area contributed by atoms with Crippen molar-refractivity contribution in [3.63, 3.8) is 0 Å². The van der Waals surface area contributed by atoms with E-state index in [0.29, 0.717) is 17.3 Å². The Kier molecular flexibility index (Phi) is 6.33. The van der Waals surface area contributed by atoms with Gasteiger partial charge >= 0.3 is 24.3 Å². The molecule has 0 bridgehead atoms. The minimum absolute atomic E-state index is 0.0141. The molecule has 1 heterocycles. The van der Waals surface area contributed by atoms with Gasteiger partial charge in [-0.1, -0.05) is 23.4 Å². The first-order chi connectivity index (χ1) is 15.3. The summed E-state index contributed by atoms with van der Waals surface area (Å²) in [4.78, 5) is 22.9. The number of esters is 2. The summed E-state index contributed by atoms with van der Waals surface area (Å²) < 4.78 is 86.2. The monoisotopic (exact) mass is 489 g/mol. The highest BCUT2D eigenvalue weighted by molar-refractivity contribution is 6.31. The molecule has 0 saturated carbocycles. The van der Waals surface area contributed by atoms with Crippen LogP contribution in [0.15, 0.2) is 42.0 Å². The fourth-order valence-electron chi connectivity index (χ4n) is 2.69. The second kappa shape index (κ2) is 8.71. The molecule has 2 aromatic carbocycles. The summed E-state index contributed by atoms with van der Waals surface area (Å²) in [5.74, 6) is -0.261. The van der Waals surface area contributed by atoms with Crippen LogP contribution in [-0.2, 0) is 14.3 Å². The fraction of sp³-hybridized carbons (Fsp3) is 0.143. The number of nitrogen functional groups attached to an aromatic ring is 1. The van der Waals surface area contributed by atoms with Crippen molar-refractivity contribution in [3.05, 3.63) is 63.7 Å². The van der Waals surface area contributed by atoms with Crippen LogP contribution in [0.5, 0.6) is 5.75 Å². The van der Waals surface area contributed by atoms with Crippen LogP contribution >= 0.6 is 11.6 Å². The van der Waals surface area contributed by atoms with Crippen molar-refractivity contribution in [2.75, 3.05) is 5.73 Å². The lowest BCUT2D eigenvalue weighted by atomic mass is 9.98. The van der Waals surface area contributed by atoms with Crippen molar-refractivity contribution in [1.29, 1.82) is 0 Å². The van der Waals surface area contributed by atoms with E-state index in [4.69, 9.17) is 22.1 Å². The number of fused-ring (bicyclic) bond motifs is 1. The molecule has 0 amide bonds. The van der Waals surface area contributed by atoms with Crippen LogP contribution in [-0.4, -0.2) is 30.4 Å². The molecule has 0 aromatic heterocycles. The molecule has 1 atom stereocenters. The lowest BCUT2D eigenvalue weighted by molar-refractivity contribution is -0.204. The zero-order valence-corrected chi connectivity index (χ0v) is 16.7. The summed E-state index contributed by atoms with van der Waals surface area (Å²) in [6.45, 7) is 0. The Labute approximate surface area is 186 Å².